The first-order valence-corrected chi connectivity index (χ1v) is 16.3. The van der Waals surface area contributed by atoms with Crippen molar-refractivity contribution in [1.29, 1.82) is 0 Å². The van der Waals surface area contributed by atoms with Crippen molar-refractivity contribution in [3.05, 3.63) is 85.9 Å². The van der Waals surface area contributed by atoms with Gasteiger partial charge in [-0.25, -0.2) is 27.5 Å². The highest BCUT2D eigenvalue weighted by Gasteiger charge is 2.27. The van der Waals surface area contributed by atoms with Gasteiger partial charge < -0.3 is 10.2 Å². The van der Waals surface area contributed by atoms with Gasteiger partial charge >= 0.3 is 0 Å². The molecule has 4 heterocycles. The Morgan fingerprint density at radius 3 is 2.52 bits per heavy atom. The Morgan fingerprint density at radius 2 is 1.84 bits per heavy atom. The number of aromatic nitrogens is 4. The summed E-state index contributed by atoms with van der Waals surface area (Å²) in [6.07, 6.45) is 3.60. The zero-order valence-corrected chi connectivity index (χ0v) is 26.6. The summed E-state index contributed by atoms with van der Waals surface area (Å²) in [6.45, 7) is 6.86. The van der Waals surface area contributed by atoms with Crippen LogP contribution in [0, 0.1) is 19.7 Å². The van der Waals surface area contributed by atoms with Crippen LogP contribution in [0.25, 0.3) is 10.9 Å². The molecule has 4 aromatic rings. The maximum Gasteiger partial charge on any atom is 0.285 e. The second-order valence-corrected chi connectivity index (χ2v) is 13.4. The number of nitrogens with zero attached hydrogens (tertiary/aromatic N) is 5. The van der Waals surface area contributed by atoms with Gasteiger partial charge in [0.2, 0.25) is 16.0 Å². The molecule has 0 spiro atoms. The van der Waals surface area contributed by atoms with Crippen molar-refractivity contribution >= 4 is 50.1 Å². The third-order valence-electron chi connectivity index (χ3n) is 7.83. The van der Waals surface area contributed by atoms with E-state index in [0.717, 1.165) is 35.9 Å². The van der Waals surface area contributed by atoms with Crippen LogP contribution in [0.3, 0.4) is 0 Å². The van der Waals surface area contributed by atoms with E-state index >= 15 is 0 Å². The molecule has 5 rings (SSSR count). The molecule has 1 fully saturated rings. The van der Waals surface area contributed by atoms with E-state index in [4.69, 9.17) is 16.6 Å². The number of carbonyl (C=O) groups is 1. The van der Waals surface area contributed by atoms with Gasteiger partial charge in [-0.15, -0.1) is 0 Å². The number of sulfonamides is 1. The maximum atomic E-state index is 13.9. The van der Waals surface area contributed by atoms with Gasteiger partial charge in [-0.3, -0.25) is 19.1 Å². The molecule has 0 unspecified atom stereocenters. The van der Waals surface area contributed by atoms with Crippen molar-refractivity contribution in [2.45, 2.75) is 45.6 Å². The number of hydrogen-bond acceptors (Lipinski definition) is 9. The van der Waals surface area contributed by atoms with Gasteiger partial charge in [-0.1, -0.05) is 17.7 Å². The zero-order valence-electron chi connectivity index (χ0n) is 25.0. The van der Waals surface area contributed by atoms with E-state index in [9.17, 15) is 22.4 Å². The molecule has 1 aliphatic rings. The molecule has 0 aliphatic carbocycles. The van der Waals surface area contributed by atoms with Crippen LogP contribution in [-0.2, 0) is 17.1 Å². The van der Waals surface area contributed by atoms with Crippen molar-refractivity contribution in [2.75, 3.05) is 29.6 Å². The average Bonchev–Trinajstić information content (AvgIpc) is 2.96. The van der Waals surface area contributed by atoms with Gasteiger partial charge in [-0.2, -0.15) is 0 Å². The Morgan fingerprint density at radius 1 is 1.14 bits per heavy atom. The molecule has 1 atom stereocenters. The molecule has 1 saturated heterocycles. The Bertz CT molecular complexity index is 1940. The fourth-order valence-corrected chi connectivity index (χ4v) is 6.31. The summed E-state index contributed by atoms with van der Waals surface area (Å²) < 4.78 is 40.8. The first-order chi connectivity index (χ1) is 20.7. The van der Waals surface area contributed by atoms with E-state index < -0.39 is 22.0 Å². The molecular formula is C30H33ClFN7O4S. The van der Waals surface area contributed by atoms with Gasteiger partial charge in [0.25, 0.3) is 11.5 Å². The van der Waals surface area contributed by atoms with Crippen LogP contribution in [0.4, 0.5) is 16.0 Å². The van der Waals surface area contributed by atoms with Gasteiger partial charge in [0, 0.05) is 31.4 Å². The molecule has 2 N–H and O–H groups in total. The number of fused-ring (bicyclic) bond motifs is 1. The number of nitrogens with one attached hydrogen (secondary N) is 2. The summed E-state index contributed by atoms with van der Waals surface area (Å²) in [5.74, 6) is -0.611. The second kappa shape index (κ2) is 12.1. The smallest absolute Gasteiger partial charge is 0.285 e. The van der Waals surface area contributed by atoms with Crippen molar-refractivity contribution in [3.63, 3.8) is 0 Å². The predicted octanol–water partition coefficient (Wildman–Crippen LogP) is 4.38. The van der Waals surface area contributed by atoms with Crippen molar-refractivity contribution in [2.24, 2.45) is 7.05 Å². The summed E-state index contributed by atoms with van der Waals surface area (Å²) in [5.41, 5.74) is 3.64. The van der Waals surface area contributed by atoms with Crippen LogP contribution in [0.5, 0.6) is 0 Å². The quantitative estimate of drug-likeness (QED) is 0.282. The summed E-state index contributed by atoms with van der Waals surface area (Å²) in [6, 6.07) is 7.82. The number of pyridine rings is 2. The van der Waals surface area contributed by atoms with E-state index in [2.05, 4.69) is 20.2 Å². The molecule has 44 heavy (non-hydrogen) atoms. The first-order valence-electron chi connectivity index (χ1n) is 14.0. The molecule has 11 nitrogen and oxygen atoms in total. The molecule has 1 amide bonds. The van der Waals surface area contributed by atoms with Crippen LogP contribution in [0.15, 0.2) is 41.3 Å². The van der Waals surface area contributed by atoms with Crippen molar-refractivity contribution < 1.29 is 17.6 Å². The van der Waals surface area contributed by atoms with Crippen LogP contribution in [-0.4, -0.2) is 53.2 Å². The van der Waals surface area contributed by atoms with Gasteiger partial charge in [0.05, 0.1) is 35.1 Å². The number of carbonyl (C=O) groups excluding carboxylic acids is 1. The summed E-state index contributed by atoms with van der Waals surface area (Å²) in [5, 5.41) is 3.69. The molecule has 0 radical (unpaired) electrons. The van der Waals surface area contributed by atoms with Crippen molar-refractivity contribution in [1.82, 2.24) is 24.2 Å². The van der Waals surface area contributed by atoms with Crippen molar-refractivity contribution in [3.8, 4) is 0 Å². The van der Waals surface area contributed by atoms with Gasteiger partial charge in [0.1, 0.15) is 11.0 Å². The fourth-order valence-electron chi connectivity index (χ4n) is 5.73. The predicted molar refractivity (Wildman–Crippen MR) is 168 cm³/mol. The van der Waals surface area contributed by atoms with E-state index in [0.29, 0.717) is 35.5 Å². The zero-order chi connectivity index (χ0) is 31.9. The number of benzene rings is 1. The standard InChI is InChI=1S/C30H33ClFN7O4S/c1-16-12-22(18(3)34-24-6-7-25(31)35-27(24)28(40)37-44(5,42)43)26-23(13-16)29(41)38(4)30(36-26)39-10-8-19(9-11-39)21-14-20(32)15-33-17(21)2/h6-7,12-15,18-19,34H,8-11H2,1-5H3,(H,37,40)/t18-/m1/s1. The molecule has 1 aliphatic heterocycles. The third kappa shape index (κ3) is 6.53. The lowest BCUT2D eigenvalue weighted by atomic mass is 9.88. The average molecular weight is 642 g/mol. The number of rotatable bonds is 7. The van der Waals surface area contributed by atoms with Crippen LogP contribution < -0.4 is 20.5 Å². The van der Waals surface area contributed by atoms with E-state index in [1.165, 1.54) is 12.3 Å². The van der Waals surface area contributed by atoms with Crippen LogP contribution in [0.1, 0.15) is 64.6 Å². The molecule has 14 heteroatoms. The minimum Gasteiger partial charge on any atom is -0.377 e. The lowest BCUT2D eigenvalue weighted by Gasteiger charge is -2.34. The number of piperidine rings is 1. The largest absolute Gasteiger partial charge is 0.377 e. The minimum absolute atomic E-state index is 0.0188. The molecule has 0 saturated carbocycles. The fraction of sp³-hybridized carbons (Fsp3) is 0.367. The van der Waals surface area contributed by atoms with Crippen LogP contribution >= 0.6 is 11.6 Å². The maximum absolute atomic E-state index is 13.9. The van der Waals surface area contributed by atoms with Gasteiger partial charge in [0.15, 0.2) is 5.69 Å². The Hall–Kier alpha value is -4.10. The normalized spacial score (nSPS) is 14.9. The number of amides is 1. The highest BCUT2D eigenvalue weighted by Crippen LogP contribution is 2.33. The lowest BCUT2D eigenvalue weighted by molar-refractivity contribution is 0.0977. The summed E-state index contributed by atoms with van der Waals surface area (Å²) in [7, 11) is -2.14. The molecule has 1 aromatic carbocycles. The monoisotopic (exact) mass is 641 g/mol. The highest BCUT2D eigenvalue weighted by atomic mass is 35.5. The molecule has 3 aromatic heterocycles. The second-order valence-electron chi connectivity index (χ2n) is 11.2. The summed E-state index contributed by atoms with van der Waals surface area (Å²) in [4.78, 5) is 41.7. The number of aryl methyl sites for hydroxylation is 2. The first kappa shape index (κ1) is 31.3. The highest BCUT2D eigenvalue weighted by molar-refractivity contribution is 7.89. The number of hydrogen-bond donors (Lipinski definition) is 2. The summed E-state index contributed by atoms with van der Waals surface area (Å²) >= 11 is 6.03. The minimum atomic E-state index is -3.85. The lowest BCUT2D eigenvalue weighted by Crippen LogP contribution is -2.38. The Labute approximate surface area is 259 Å². The number of halogens is 2. The molecular weight excluding hydrogens is 609 g/mol. The Balaban J connectivity index is 1.49. The van der Waals surface area contributed by atoms with Gasteiger partial charge in [-0.05, 0) is 74.9 Å². The molecule has 0 bridgehead atoms. The topological polar surface area (TPSA) is 139 Å². The van der Waals surface area contributed by atoms with E-state index in [1.54, 1.807) is 29.8 Å². The van der Waals surface area contributed by atoms with E-state index in [1.807, 2.05) is 31.6 Å². The Kier molecular flexibility index (Phi) is 8.63. The van der Waals surface area contributed by atoms with E-state index in [-0.39, 0.29) is 33.8 Å². The third-order valence-corrected chi connectivity index (χ3v) is 8.60. The SMILES string of the molecule is Cc1cc([C@@H](C)Nc2ccc(Cl)nc2C(=O)NS(C)(=O)=O)c2nc(N3CCC(c4cc(F)cnc4C)CC3)n(C)c(=O)c2c1. The van der Waals surface area contributed by atoms with Crippen LogP contribution in [0.2, 0.25) is 5.15 Å². The molecule has 232 valence electrons. The number of anilines is 2.